The van der Waals surface area contributed by atoms with Crippen LogP contribution in [0.2, 0.25) is 0 Å². The van der Waals surface area contributed by atoms with Crippen LogP contribution in [0.4, 0.5) is 5.69 Å². The van der Waals surface area contributed by atoms with Crippen molar-refractivity contribution in [3.05, 3.63) is 59.2 Å². The predicted octanol–water partition coefficient (Wildman–Crippen LogP) is 4.35. The van der Waals surface area contributed by atoms with E-state index in [4.69, 9.17) is 9.68 Å². The maximum Gasteiger partial charge on any atom is 0.276 e. The minimum atomic E-state index is -0.167. The minimum absolute atomic E-state index is 0.167. The van der Waals surface area contributed by atoms with Crippen LogP contribution in [0.25, 0.3) is 11.5 Å². The molecule has 0 radical (unpaired) electrons. The van der Waals surface area contributed by atoms with E-state index in [0.717, 1.165) is 16.7 Å². The number of amides is 1. The van der Waals surface area contributed by atoms with Gasteiger partial charge in [0.1, 0.15) is 6.07 Å². The molecule has 0 unspecified atom stereocenters. The van der Waals surface area contributed by atoms with E-state index in [1.807, 2.05) is 26.0 Å². The van der Waals surface area contributed by atoms with Gasteiger partial charge in [-0.3, -0.25) is 4.79 Å². The van der Waals surface area contributed by atoms with Gasteiger partial charge in [-0.1, -0.05) is 41.1 Å². The second-order valence-electron chi connectivity index (χ2n) is 6.05. The monoisotopic (exact) mass is 378 g/mol. The topological polar surface area (TPSA) is 91.8 Å². The molecule has 0 aliphatic heterocycles. The molecule has 0 saturated heterocycles. The number of aromatic nitrogens is 2. The van der Waals surface area contributed by atoms with Crippen LogP contribution in [0, 0.1) is 25.2 Å². The Bertz CT molecular complexity index is 987. The van der Waals surface area contributed by atoms with Gasteiger partial charge in [0, 0.05) is 17.7 Å². The normalized spacial score (nSPS) is 10.4. The summed E-state index contributed by atoms with van der Waals surface area (Å²) in [6.45, 7) is 4.04. The lowest BCUT2D eigenvalue weighted by Gasteiger charge is -2.05. The Morgan fingerprint density at radius 3 is 2.67 bits per heavy atom. The number of aryl methyl sites for hydroxylation is 2. The number of nitrogens with one attached hydrogen (secondary N) is 1. The Kier molecular flexibility index (Phi) is 5.89. The number of anilines is 1. The van der Waals surface area contributed by atoms with Crippen molar-refractivity contribution >= 4 is 23.4 Å². The Hall–Kier alpha value is -3.11. The first kappa shape index (κ1) is 18.7. The lowest BCUT2D eigenvalue weighted by atomic mass is 10.1. The van der Waals surface area contributed by atoms with Crippen molar-refractivity contribution in [2.24, 2.45) is 0 Å². The van der Waals surface area contributed by atoms with E-state index < -0.39 is 0 Å². The van der Waals surface area contributed by atoms with Gasteiger partial charge < -0.3 is 9.73 Å². The molecule has 0 saturated carbocycles. The molecule has 0 bridgehead atoms. The highest BCUT2D eigenvalue weighted by atomic mass is 32.2. The van der Waals surface area contributed by atoms with Gasteiger partial charge in [-0.05, 0) is 38.1 Å². The summed E-state index contributed by atoms with van der Waals surface area (Å²) in [6, 6.07) is 15.0. The molecule has 1 heterocycles. The van der Waals surface area contributed by atoms with Crippen LogP contribution in [0.3, 0.4) is 0 Å². The largest absolute Gasteiger partial charge is 0.411 e. The van der Waals surface area contributed by atoms with Gasteiger partial charge in [0.25, 0.3) is 5.22 Å². The van der Waals surface area contributed by atoms with E-state index in [1.54, 1.807) is 24.3 Å². The number of nitriles is 1. The molecule has 0 spiro atoms. The molecule has 6 nitrogen and oxygen atoms in total. The number of benzene rings is 2. The van der Waals surface area contributed by atoms with Crippen LogP contribution >= 0.6 is 11.8 Å². The van der Waals surface area contributed by atoms with E-state index in [9.17, 15) is 4.79 Å². The quantitative estimate of drug-likeness (QED) is 0.641. The summed E-state index contributed by atoms with van der Waals surface area (Å²) in [5.41, 5.74) is 4.11. The average Bonchev–Trinajstić information content (AvgIpc) is 3.10. The zero-order valence-electron chi connectivity index (χ0n) is 15.0. The van der Waals surface area contributed by atoms with Gasteiger partial charge in [-0.25, -0.2) is 0 Å². The van der Waals surface area contributed by atoms with Gasteiger partial charge in [-0.2, -0.15) is 5.26 Å². The van der Waals surface area contributed by atoms with Crippen molar-refractivity contribution in [3.63, 3.8) is 0 Å². The molecule has 2 aromatic carbocycles. The summed E-state index contributed by atoms with van der Waals surface area (Å²) in [5.74, 6) is 0.797. The van der Waals surface area contributed by atoms with Crippen LogP contribution in [-0.4, -0.2) is 21.9 Å². The van der Waals surface area contributed by atoms with E-state index >= 15 is 0 Å². The second kappa shape index (κ2) is 8.52. The van der Waals surface area contributed by atoms with Crippen molar-refractivity contribution < 1.29 is 9.21 Å². The molecule has 3 aromatic rings. The Morgan fingerprint density at radius 1 is 1.19 bits per heavy atom. The van der Waals surface area contributed by atoms with Crippen molar-refractivity contribution in [3.8, 4) is 17.5 Å². The van der Waals surface area contributed by atoms with Crippen LogP contribution in [0.15, 0.2) is 52.1 Å². The number of rotatable bonds is 6. The number of nitrogens with zero attached hydrogens (tertiary/aromatic N) is 3. The number of carbonyl (C=O) groups is 1. The van der Waals surface area contributed by atoms with E-state index in [-0.39, 0.29) is 12.3 Å². The molecule has 0 aliphatic carbocycles. The molecular weight excluding hydrogens is 360 g/mol. The van der Waals surface area contributed by atoms with Crippen LogP contribution in [0.1, 0.15) is 23.1 Å². The molecule has 1 N–H and O–H groups in total. The molecule has 3 rings (SSSR count). The van der Waals surface area contributed by atoms with Gasteiger partial charge in [0.2, 0.25) is 11.8 Å². The van der Waals surface area contributed by atoms with Gasteiger partial charge in [-0.15, -0.1) is 10.2 Å². The third kappa shape index (κ3) is 4.96. The molecule has 0 aliphatic rings. The van der Waals surface area contributed by atoms with E-state index in [2.05, 4.69) is 27.6 Å². The summed E-state index contributed by atoms with van der Waals surface area (Å²) < 4.78 is 5.68. The highest BCUT2D eigenvalue weighted by Crippen LogP contribution is 2.25. The number of hydrogen-bond acceptors (Lipinski definition) is 6. The zero-order valence-corrected chi connectivity index (χ0v) is 15.8. The SMILES string of the molecule is Cc1cc(C)cc(-c2nnc(SCCC(=O)Nc3ccccc3C#N)o2)c1. The fraction of sp³-hybridized carbons (Fsp3) is 0.200. The highest BCUT2D eigenvalue weighted by molar-refractivity contribution is 7.99. The van der Waals surface area contributed by atoms with Crippen molar-refractivity contribution in [1.82, 2.24) is 10.2 Å². The molecule has 0 fully saturated rings. The zero-order chi connectivity index (χ0) is 19.2. The molecule has 1 amide bonds. The molecule has 1 aromatic heterocycles. The maximum absolute atomic E-state index is 12.1. The third-order valence-corrected chi connectivity index (χ3v) is 4.57. The molecule has 27 heavy (non-hydrogen) atoms. The maximum atomic E-state index is 12.1. The first-order chi connectivity index (χ1) is 13.0. The molecule has 7 heteroatoms. The van der Waals surface area contributed by atoms with Gasteiger partial charge in [0.05, 0.1) is 11.3 Å². The summed E-state index contributed by atoms with van der Waals surface area (Å²) in [5, 5.41) is 20.3. The van der Waals surface area contributed by atoms with Crippen molar-refractivity contribution in [2.75, 3.05) is 11.1 Å². The van der Waals surface area contributed by atoms with E-state index in [1.165, 1.54) is 11.8 Å². The third-order valence-electron chi connectivity index (χ3n) is 3.75. The van der Waals surface area contributed by atoms with Crippen LogP contribution in [0.5, 0.6) is 0 Å². The summed E-state index contributed by atoms with van der Waals surface area (Å²) in [7, 11) is 0. The lowest BCUT2D eigenvalue weighted by Crippen LogP contribution is -2.13. The summed E-state index contributed by atoms with van der Waals surface area (Å²) in [6.07, 6.45) is 0.270. The minimum Gasteiger partial charge on any atom is -0.411 e. The first-order valence-electron chi connectivity index (χ1n) is 8.39. The summed E-state index contributed by atoms with van der Waals surface area (Å²) >= 11 is 1.33. The molecule has 136 valence electrons. The fourth-order valence-corrected chi connectivity index (χ4v) is 3.31. The van der Waals surface area contributed by atoms with Gasteiger partial charge >= 0.3 is 0 Å². The standard InChI is InChI=1S/C20H18N4O2S/c1-13-9-14(2)11-16(10-13)19-23-24-20(26-19)27-8-7-18(25)22-17-6-4-3-5-15(17)12-21/h3-6,9-11H,7-8H2,1-2H3,(H,22,25). The molecule has 0 atom stereocenters. The number of para-hydroxylation sites is 1. The highest BCUT2D eigenvalue weighted by Gasteiger charge is 2.11. The van der Waals surface area contributed by atoms with Crippen LogP contribution < -0.4 is 5.32 Å². The smallest absolute Gasteiger partial charge is 0.276 e. The Balaban J connectivity index is 1.54. The van der Waals surface area contributed by atoms with Gasteiger partial charge in [0.15, 0.2) is 0 Å². The van der Waals surface area contributed by atoms with Crippen molar-refractivity contribution in [1.29, 1.82) is 5.26 Å². The van der Waals surface area contributed by atoms with Crippen molar-refractivity contribution in [2.45, 2.75) is 25.5 Å². The second-order valence-corrected chi connectivity index (χ2v) is 7.10. The summed E-state index contributed by atoms with van der Waals surface area (Å²) in [4.78, 5) is 12.1. The lowest BCUT2D eigenvalue weighted by molar-refractivity contribution is -0.115. The Morgan fingerprint density at radius 2 is 1.93 bits per heavy atom. The first-order valence-corrected chi connectivity index (χ1v) is 9.37. The fourth-order valence-electron chi connectivity index (χ4n) is 2.62. The number of thioether (sulfide) groups is 1. The van der Waals surface area contributed by atoms with E-state index in [0.29, 0.717) is 28.1 Å². The molecular formula is C20H18N4O2S. The Labute approximate surface area is 161 Å². The average molecular weight is 378 g/mol. The van der Waals surface area contributed by atoms with Crippen LogP contribution in [-0.2, 0) is 4.79 Å². The predicted molar refractivity (Wildman–Crippen MR) is 104 cm³/mol. The number of hydrogen-bond donors (Lipinski definition) is 1. The number of carbonyl (C=O) groups excluding carboxylic acids is 1.